The molecule has 3 rings (SSSR count). The maximum Gasteiger partial charge on any atom is 0.196 e. The Morgan fingerprint density at radius 3 is 2.56 bits per heavy atom. The number of benzene rings is 1. The van der Waals surface area contributed by atoms with Gasteiger partial charge >= 0.3 is 0 Å². The number of carbonyl (C=O) groups is 2. The minimum Gasteiger partial charge on any atom is -0.300 e. The molecule has 2 heterocycles. The second kappa shape index (κ2) is 7.40. The van der Waals surface area contributed by atoms with Crippen molar-refractivity contribution in [2.45, 2.75) is 19.4 Å². The lowest BCUT2D eigenvalue weighted by molar-refractivity contribution is -0.131. The van der Waals surface area contributed by atoms with Crippen LogP contribution in [-0.2, 0) is 9.59 Å². The Hall–Kier alpha value is -2.86. The first-order chi connectivity index (χ1) is 12.9. The lowest BCUT2D eigenvalue weighted by Crippen LogP contribution is -2.55. The second-order valence-corrected chi connectivity index (χ2v) is 6.41. The first-order valence-corrected chi connectivity index (χ1v) is 8.74. The highest BCUT2D eigenvalue weighted by atomic mass is 35.5. The first kappa shape index (κ1) is 18.9. The lowest BCUT2D eigenvalue weighted by Gasteiger charge is -2.40. The van der Waals surface area contributed by atoms with Gasteiger partial charge in [0.1, 0.15) is 11.0 Å². The van der Waals surface area contributed by atoms with Crippen molar-refractivity contribution in [2.75, 3.05) is 6.54 Å². The van der Waals surface area contributed by atoms with E-state index in [1.165, 1.54) is 30.3 Å². The van der Waals surface area contributed by atoms with Gasteiger partial charge in [-0.1, -0.05) is 11.6 Å². The van der Waals surface area contributed by atoms with Crippen LogP contribution in [0.5, 0.6) is 0 Å². The Kier molecular flexibility index (Phi) is 5.19. The molecule has 0 bridgehead atoms. The third kappa shape index (κ3) is 3.17. The molecule has 1 aromatic carbocycles. The Morgan fingerprint density at radius 2 is 2.00 bits per heavy atom. The molecule has 2 aromatic rings. The summed E-state index contributed by atoms with van der Waals surface area (Å²) in [7, 11) is 0. The van der Waals surface area contributed by atoms with Gasteiger partial charge in [0.2, 0.25) is 0 Å². The van der Waals surface area contributed by atoms with Crippen LogP contribution in [0.15, 0.2) is 53.8 Å². The van der Waals surface area contributed by atoms with Crippen molar-refractivity contribution in [2.24, 2.45) is 5.10 Å². The number of hydrogen-bond donors (Lipinski definition) is 0. The molecule has 27 heavy (non-hydrogen) atoms. The Labute approximate surface area is 161 Å². The fourth-order valence-corrected chi connectivity index (χ4v) is 3.38. The van der Waals surface area contributed by atoms with Crippen LogP contribution in [0.1, 0.15) is 25.0 Å². The zero-order valence-corrected chi connectivity index (χ0v) is 15.6. The number of halogens is 2. The molecule has 1 atom stereocenters. The quantitative estimate of drug-likeness (QED) is 0.449. The van der Waals surface area contributed by atoms with Crippen LogP contribution in [0, 0.1) is 5.82 Å². The third-order valence-corrected chi connectivity index (χ3v) is 4.82. The maximum absolute atomic E-state index is 13.3. The summed E-state index contributed by atoms with van der Waals surface area (Å²) in [5, 5.41) is 6.09. The maximum atomic E-state index is 13.3. The highest BCUT2D eigenvalue weighted by Crippen LogP contribution is 2.38. The van der Waals surface area contributed by atoms with Gasteiger partial charge < -0.3 is 0 Å². The van der Waals surface area contributed by atoms with E-state index in [0.29, 0.717) is 35.2 Å². The SMILES string of the molecule is CCN1N=C(c2ccc(F)cc2)C=C(c2cccnc2Cl)C1(C=O)C(C)=O. The largest absolute Gasteiger partial charge is 0.300 e. The Bertz CT molecular complexity index is 956. The molecule has 7 heteroatoms. The van der Waals surface area contributed by atoms with Gasteiger partial charge in [-0.05, 0) is 56.3 Å². The average Bonchev–Trinajstić information content (AvgIpc) is 2.67. The summed E-state index contributed by atoms with van der Waals surface area (Å²) in [4.78, 5) is 28.9. The smallest absolute Gasteiger partial charge is 0.196 e. The molecule has 0 saturated carbocycles. The molecule has 0 spiro atoms. The number of Topliss-reactive ketones (excluding diaryl/α,β-unsaturated/α-hetero) is 1. The van der Waals surface area contributed by atoms with Crippen LogP contribution in [0.3, 0.4) is 0 Å². The number of nitrogens with zero attached hydrogens (tertiary/aromatic N) is 3. The molecule has 0 saturated heterocycles. The van der Waals surface area contributed by atoms with Gasteiger partial charge in [0.25, 0.3) is 0 Å². The van der Waals surface area contributed by atoms with Crippen molar-refractivity contribution in [1.29, 1.82) is 0 Å². The summed E-state index contributed by atoms with van der Waals surface area (Å²) in [5.41, 5.74) is 0.389. The molecule has 0 amide bonds. The van der Waals surface area contributed by atoms with E-state index >= 15 is 0 Å². The molecule has 0 N–H and O–H groups in total. The number of hydrogen-bond acceptors (Lipinski definition) is 5. The predicted octanol–water partition coefficient (Wildman–Crippen LogP) is 3.52. The van der Waals surface area contributed by atoms with Gasteiger partial charge in [-0.25, -0.2) is 9.37 Å². The number of carbonyl (C=O) groups excluding carboxylic acids is 2. The van der Waals surface area contributed by atoms with Crippen molar-refractivity contribution in [3.05, 3.63) is 70.8 Å². The van der Waals surface area contributed by atoms with E-state index in [4.69, 9.17) is 11.6 Å². The van der Waals surface area contributed by atoms with Crippen molar-refractivity contribution in [3.63, 3.8) is 0 Å². The molecule has 1 unspecified atom stereocenters. The van der Waals surface area contributed by atoms with E-state index in [1.807, 2.05) is 0 Å². The first-order valence-electron chi connectivity index (χ1n) is 8.36. The summed E-state index contributed by atoms with van der Waals surface area (Å²) < 4.78 is 13.3. The van der Waals surface area contributed by atoms with Gasteiger partial charge in [0, 0.05) is 29.4 Å². The van der Waals surface area contributed by atoms with Crippen molar-refractivity contribution in [1.82, 2.24) is 9.99 Å². The highest BCUT2D eigenvalue weighted by Gasteiger charge is 2.48. The van der Waals surface area contributed by atoms with Crippen molar-refractivity contribution >= 4 is 35.0 Å². The standard InChI is InChI=1S/C20H17ClFN3O2/c1-3-25-20(12-26,13(2)27)17(16-5-4-10-23-19(16)21)11-18(24-25)14-6-8-15(22)9-7-14/h4-12H,3H2,1-2H3. The van der Waals surface area contributed by atoms with Gasteiger partial charge in [0.05, 0.1) is 5.71 Å². The minimum atomic E-state index is -1.61. The van der Waals surface area contributed by atoms with Gasteiger partial charge in [-0.15, -0.1) is 0 Å². The van der Waals surface area contributed by atoms with E-state index in [1.54, 1.807) is 37.3 Å². The summed E-state index contributed by atoms with van der Waals surface area (Å²) in [5.74, 6) is -0.750. The summed E-state index contributed by atoms with van der Waals surface area (Å²) in [6.45, 7) is 3.44. The van der Waals surface area contributed by atoms with E-state index in [9.17, 15) is 14.0 Å². The lowest BCUT2D eigenvalue weighted by atomic mass is 9.80. The topological polar surface area (TPSA) is 62.6 Å². The van der Waals surface area contributed by atoms with E-state index in [0.717, 1.165) is 0 Å². The van der Waals surface area contributed by atoms with Crippen LogP contribution >= 0.6 is 11.6 Å². The number of allylic oxidation sites excluding steroid dienone is 1. The third-order valence-electron chi connectivity index (χ3n) is 4.52. The fourth-order valence-electron chi connectivity index (χ4n) is 3.15. The van der Waals surface area contributed by atoms with Gasteiger partial charge in [-0.2, -0.15) is 5.10 Å². The molecular weight excluding hydrogens is 369 g/mol. The second-order valence-electron chi connectivity index (χ2n) is 6.05. The molecular formula is C20H17ClFN3O2. The summed E-state index contributed by atoms with van der Waals surface area (Å²) >= 11 is 6.26. The zero-order chi connectivity index (χ0) is 19.6. The van der Waals surface area contributed by atoms with Crippen molar-refractivity contribution < 1.29 is 14.0 Å². The van der Waals surface area contributed by atoms with Crippen LogP contribution in [-0.4, -0.2) is 39.9 Å². The minimum absolute atomic E-state index is 0.174. The number of likely N-dealkylation sites (N-methyl/N-ethyl adjacent to an activating group) is 1. The molecule has 1 aromatic heterocycles. The van der Waals surface area contributed by atoms with Crippen LogP contribution in [0.2, 0.25) is 5.15 Å². The molecule has 5 nitrogen and oxygen atoms in total. The molecule has 0 fully saturated rings. The summed E-state index contributed by atoms with van der Waals surface area (Å²) in [6.07, 6.45) is 3.75. The molecule has 0 radical (unpaired) electrons. The van der Waals surface area contributed by atoms with Crippen LogP contribution < -0.4 is 0 Å². The van der Waals surface area contributed by atoms with E-state index in [-0.39, 0.29) is 16.8 Å². The van der Waals surface area contributed by atoms with Crippen LogP contribution in [0.25, 0.3) is 5.57 Å². The Balaban J connectivity index is 2.28. The highest BCUT2D eigenvalue weighted by molar-refractivity contribution is 6.33. The number of pyridine rings is 1. The zero-order valence-electron chi connectivity index (χ0n) is 14.8. The predicted molar refractivity (Wildman–Crippen MR) is 102 cm³/mol. The van der Waals surface area contributed by atoms with E-state index in [2.05, 4.69) is 10.1 Å². The van der Waals surface area contributed by atoms with Gasteiger partial charge in [0.15, 0.2) is 17.6 Å². The van der Waals surface area contributed by atoms with Crippen molar-refractivity contribution in [3.8, 4) is 0 Å². The molecule has 1 aliphatic heterocycles. The van der Waals surface area contributed by atoms with Gasteiger partial charge in [-0.3, -0.25) is 14.6 Å². The molecule has 1 aliphatic rings. The number of hydrazone groups is 1. The number of aromatic nitrogens is 1. The van der Waals surface area contributed by atoms with Crippen LogP contribution in [0.4, 0.5) is 4.39 Å². The average molecular weight is 386 g/mol. The normalized spacial score (nSPS) is 19.3. The number of aldehydes is 1. The van der Waals surface area contributed by atoms with E-state index < -0.39 is 5.54 Å². The summed E-state index contributed by atoms with van der Waals surface area (Å²) in [6, 6.07) is 9.20. The number of ketones is 1. The molecule has 0 aliphatic carbocycles. The number of rotatable bonds is 5. The monoisotopic (exact) mass is 385 g/mol. The molecule has 138 valence electrons. The fraction of sp³-hybridized carbons (Fsp3) is 0.200. The Morgan fingerprint density at radius 1 is 1.30 bits per heavy atom.